The fourth-order valence-corrected chi connectivity index (χ4v) is 5.15. The fraction of sp³-hybridized carbons (Fsp3) is 0.464. The molecule has 246 valence electrons. The number of aromatic hydroxyl groups is 3. The molecule has 5 rings (SSSR count). The Kier molecular flexibility index (Phi) is 9.38. The van der Waals surface area contributed by atoms with E-state index in [1.54, 1.807) is 0 Å². The first-order chi connectivity index (χ1) is 21.4. The van der Waals surface area contributed by atoms with Gasteiger partial charge in [0.1, 0.15) is 59.6 Å². The first-order valence-corrected chi connectivity index (χ1v) is 13.6. The van der Waals surface area contributed by atoms with Gasteiger partial charge in [-0.05, 0) is 24.3 Å². The van der Waals surface area contributed by atoms with Crippen LogP contribution in [0.5, 0.6) is 28.7 Å². The molecule has 45 heavy (non-hydrogen) atoms. The zero-order chi connectivity index (χ0) is 32.7. The molecule has 0 aliphatic carbocycles. The third-order valence-corrected chi connectivity index (χ3v) is 7.57. The largest absolute Gasteiger partial charge is 0.508 e. The maximum Gasteiger partial charge on any atom is 0.239 e. The van der Waals surface area contributed by atoms with Crippen molar-refractivity contribution in [1.82, 2.24) is 0 Å². The van der Waals surface area contributed by atoms with Crippen molar-refractivity contribution in [3.05, 3.63) is 40.6 Å². The Morgan fingerprint density at radius 2 is 1.36 bits per heavy atom. The van der Waals surface area contributed by atoms with Crippen molar-refractivity contribution in [3.63, 3.8) is 0 Å². The number of benzene rings is 2. The quantitative estimate of drug-likeness (QED) is 0.123. The summed E-state index contributed by atoms with van der Waals surface area (Å²) in [6.07, 6.45) is -17.9. The van der Waals surface area contributed by atoms with Crippen molar-refractivity contribution < 1.29 is 79.2 Å². The predicted molar refractivity (Wildman–Crippen MR) is 146 cm³/mol. The predicted octanol–water partition coefficient (Wildman–Crippen LogP) is -2.41. The molecule has 2 aliphatic rings. The van der Waals surface area contributed by atoms with Gasteiger partial charge in [0, 0.05) is 11.6 Å². The van der Waals surface area contributed by atoms with Gasteiger partial charge in [0.2, 0.25) is 23.2 Å². The number of phenolic OH excluding ortho intramolecular Hbond substituents is 3. The molecule has 17 heteroatoms. The van der Waals surface area contributed by atoms with E-state index in [4.69, 9.17) is 28.1 Å². The fourth-order valence-electron chi connectivity index (χ4n) is 5.15. The van der Waals surface area contributed by atoms with E-state index >= 15 is 0 Å². The lowest BCUT2D eigenvalue weighted by atomic mass is 9.97. The topological polar surface area (TPSA) is 279 Å². The van der Waals surface area contributed by atoms with E-state index in [-0.39, 0.29) is 22.8 Å². The van der Waals surface area contributed by atoms with Gasteiger partial charge in [-0.15, -0.1) is 0 Å². The Balaban J connectivity index is 1.63. The summed E-state index contributed by atoms with van der Waals surface area (Å²) >= 11 is 0. The third kappa shape index (κ3) is 5.86. The summed E-state index contributed by atoms with van der Waals surface area (Å²) in [6.45, 7) is -1.65. The van der Waals surface area contributed by atoms with Crippen molar-refractivity contribution in [2.24, 2.45) is 0 Å². The molecule has 1 aromatic heterocycles. The maximum atomic E-state index is 13.9. The molecule has 2 saturated heterocycles. The number of phenols is 3. The molecule has 3 heterocycles. The highest BCUT2D eigenvalue weighted by Gasteiger charge is 2.51. The van der Waals surface area contributed by atoms with Gasteiger partial charge in [-0.2, -0.15) is 0 Å². The number of hydrogen-bond acceptors (Lipinski definition) is 17. The molecule has 3 aromatic rings. The molecule has 0 saturated carbocycles. The number of methoxy groups -OCH3 is 1. The minimum atomic E-state index is -1.96. The van der Waals surface area contributed by atoms with Crippen LogP contribution in [0.15, 0.2) is 39.5 Å². The van der Waals surface area contributed by atoms with E-state index in [2.05, 4.69) is 0 Å². The van der Waals surface area contributed by atoms with E-state index < -0.39 is 108 Å². The summed E-state index contributed by atoms with van der Waals surface area (Å²) in [6, 6.07) is 6.00. The van der Waals surface area contributed by atoms with Gasteiger partial charge in [-0.3, -0.25) is 4.79 Å². The SMILES string of the molecule is COc1c(O)cc(O)c2c(=O)c(O[C@H]3O[C@@H](CO)[C@H](O)[C@@H](O)[C@@H]3O[C@H]3O[C@@H](CO)[C@H](O)[C@@H](O)[C@@H]3O)c(-c3ccc(O)cc3)oc12. The van der Waals surface area contributed by atoms with Crippen LogP contribution in [0.1, 0.15) is 0 Å². The van der Waals surface area contributed by atoms with E-state index in [9.17, 15) is 55.9 Å². The van der Waals surface area contributed by atoms with Gasteiger partial charge in [0.15, 0.2) is 29.5 Å². The lowest BCUT2D eigenvalue weighted by molar-refractivity contribution is -0.358. The molecule has 0 spiro atoms. The molecule has 10 atom stereocenters. The first-order valence-electron chi connectivity index (χ1n) is 13.6. The third-order valence-electron chi connectivity index (χ3n) is 7.57. The van der Waals surface area contributed by atoms with Crippen LogP contribution >= 0.6 is 0 Å². The van der Waals surface area contributed by atoms with Crippen LogP contribution in [-0.2, 0) is 14.2 Å². The summed E-state index contributed by atoms with van der Waals surface area (Å²) in [5.41, 5.74) is -1.32. The van der Waals surface area contributed by atoms with Crippen LogP contribution in [0.25, 0.3) is 22.3 Å². The molecular formula is C28H32O17. The van der Waals surface area contributed by atoms with Gasteiger partial charge in [0.05, 0.1) is 20.3 Å². The smallest absolute Gasteiger partial charge is 0.239 e. The van der Waals surface area contributed by atoms with Crippen LogP contribution < -0.4 is 14.9 Å². The van der Waals surface area contributed by atoms with Crippen molar-refractivity contribution in [2.45, 2.75) is 61.4 Å². The van der Waals surface area contributed by atoms with E-state index in [1.807, 2.05) is 0 Å². The summed E-state index contributed by atoms with van der Waals surface area (Å²) in [5.74, 6) is -2.80. The Morgan fingerprint density at radius 1 is 0.756 bits per heavy atom. The number of fused-ring (bicyclic) bond motifs is 1. The number of hydrogen-bond donors (Lipinski definition) is 10. The maximum absolute atomic E-state index is 13.9. The molecule has 0 bridgehead atoms. The normalized spacial score (nSPS) is 32.0. The van der Waals surface area contributed by atoms with E-state index in [0.29, 0.717) is 0 Å². The second-order valence-electron chi connectivity index (χ2n) is 10.4. The van der Waals surface area contributed by atoms with Gasteiger partial charge >= 0.3 is 0 Å². The summed E-state index contributed by atoms with van der Waals surface area (Å²) < 4.78 is 33.6. The number of aliphatic hydroxyl groups excluding tert-OH is 7. The molecule has 2 aliphatic heterocycles. The molecule has 0 amide bonds. The van der Waals surface area contributed by atoms with Crippen LogP contribution in [0, 0.1) is 0 Å². The number of ether oxygens (including phenoxy) is 5. The minimum absolute atomic E-state index is 0.119. The van der Waals surface area contributed by atoms with Crippen LogP contribution in [-0.4, -0.2) is 133 Å². The lowest BCUT2D eigenvalue weighted by Crippen LogP contribution is -2.65. The summed E-state index contributed by atoms with van der Waals surface area (Å²) in [4.78, 5) is 13.9. The zero-order valence-corrected chi connectivity index (χ0v) is 23.4. The standard InChI is InChI=1S/C28H32O17/c1-40-23-12(33)6-11(32)15-18(36)25(22(43-24(15)23)9-2-4-10(31)5-3-9)44-28-26(20(38)17(35)14(8-30)42-28)45-27-21(39)19(37)16(34)13(7-29)41-27/h2-6,13-14,16-17,19-21,26-35,37-39H,7-8H2,1H3/t13-,14-,16-,17-,19+,20+,21-,26-,27+,28+/m0/s1. The van der Waals surface area contributed by atoms with Gasteiger partial charge < -0.3 is 79.2 Å². The molecule has 0 radical (unpaired) electrons. The van der Waals surface area contributed by atoms with Gasteiger partial charge in [0.25, 0.3) is 0 Å². The van der Waals surface area contributed by atoms with Gasteiger partial charge in [-0.1, -0.05) is 0 Å². The average molecular weight is 641 g/mol. The van der Waals surface area contributed by atoms with Crippen molar-refractivity contribution in [3.8, 4) is 40.1 Å². The number of rotatable bonds is 8. The van der Waals surface area contributed by atoms with Crippen molar-refractivity contribution in [2.75, 3.05) is 20.3 Å². The van der Waals surface area contributed by atoms with Gasteiger partial charge in [-0.25, -0.2) is 0 Å². The molecular weight excluding hydrogens is 608 g/mol. The molecule has 10 N–H and O–H groups in total. The van der Waals surface area contributed by atoms with Crippen LogP contribution in [0.4, 0.5) is 0 Å². The summed E-state index contributed by atoms with van der Waals surface area (Å²) in [5, 5.41) is 102. The Hall–Kier alpha value is -3.75. The Bertz CT molecular complexity index is 1560. The highest BCUT2D eigenvalue weighted by Crippen LogP contribution is 2.43. The highest BCUT2D eigenvalue weighted by molar-refractivity contribution is 5.93. The highest BCUT2D eigenvalue weighted by atomic mass is 16.8. The zero-order valence-electron chi connectivity index (χ0n) is 23.4. The average Bonchev–Trinajstić information content (AvgIpc) is 3.01. The molecule has 17 nitrogen and oxygen atoms in total. The first kappa shape index (κ1) is 32.6. The van der Waals surface area contributed by atoms with Crippen molar-refractivity contribution >= 4 is 11.0 Å². The second kappa shape index (κ2) is 12.9. The monoisotopic (exact) mass is 640 g/mol. The van der Waals surface area contributed by atoms with E-state index in [0.717, 1.165) is 6.07 Å². The van der Waals surface area contributed by atoms with Crippen molar-refractivity contribution in [1.29, 1.82) is 0 Å². The molecule has 2 aromatic carbocycles. The van der Waals surface area contributed by atoms with Crippen LogP contribution in [0.3, 0.4) is 0 Å². The molecule has 0 unspecified atom stereocenters. The Morgan fingerprint density at radius 3 is 1.96 bits per heavy atom. The molecule has 2 fully saturated rings. The van der Waals surface area contributed by atoms with E-state index in [1.165, 1.54) is 31.4 Å². The van der Waals surface area contributed by atoms with Crippen LogP contribution in [0.2, 0.25) is 0 Å². The minimum Gasteiger partial charge on any atom is -0.508 e. The Labute approximate surface area is 252 Å². The second-order valence-corrected chi connectivity index (χ2v) is 10.4. The number of aliphatic hydroxyl groups is 7. The summed E-state index contributed by atoms with van der Waals surface area (Å²) in [7, 11) is 1.18. The lowest BCUT2D eigenvalue weighted by Gasteiger charge is -2.45.